The average molecular weight is 553 g/mol. The summed E-state index contributed by atoms with van der Waals surface area (Å²) in [6, 6.07) is 2.99. The number of alkyl halides is 2. The van der Waals surface area contributed by atoms with Crippen LogP contribution >= 0.6 is 24.0 Å². The number of halogens is 3. The minimum absolute atomic E-state index is 0. The van der Waals surface area contributed by atoms with Crippen LogP contribution in [-0.2, 0) is 13.0 Å². The highest BCUT2D eigenvalue weighted by Crippen LogP contribution is 2.39. The summed E-state index contributed by atoms with van der Waals surface area (Å²) >= 11 is 0. The molecular formula is C19H26F2IN5O4. The summed E-state index contributed by atoms with van der Waals surface area (Å²) in [7, 11) is 0. The quantitative estimate of drug-likeness (QED) is 0.277. The fourth-order valence-corrected chi connectivity index (χ4v) is 2.69. The van der Waals surface area contributed by atoms with Gasteiger partial charge in [0.05, 0.1) is 6.54 Å². The maximum Gasteiger partial charge on any atom is 0.387 e. The number of hydrogen-bond donors (Lipinski definition) is 2. The Balaban J connectivity index is 0.00000341. The van der Waals surface area contributed by atoms with E-state index in [1.54, 1.807) is 6.07 Å². The van der Waals surface area contributed by atoms with Crippen LogP contribution in [0.15, 0.2) is 21.6 Å². The zero-order valence-electron chi connectivity index (χ0n) is 17.5. The van der Waals surface area contributed by atoms with E-state index < -0.39 is 6.61 Å². The Hall–Kier alpha value is -2.38. The van der Waals surface area contributed by atoms with Gasteiger partial charge in [-0.3, -0.25) is 0 Å². The molecule has 0 spiro atoms. The molecule has 1 aliphatic heterocycles. The van der Waals surface area contributed by atoms with Gasteiger partial charge in [0.2, 0.25) is 12.7 Å². The first-order valence-electron chi connectivity index (χ1n) is 9.68. The topological polar surface area (TPSA) is 103 Å². The van der Waals surface area contributed by atoms with Gasteiger partial charge in [0.1, 0.15) is 5.75 Å². The van der Waals surface area contributed by atoms with Crippen LogP contribution in [-0.4, -0.2) is 42.6 Å². The second-order valence-electron chi connectivity index (χ2n) is 6.76. The van der Waals surface area contributed by atoms with Crippen molar-refractivity contribution in [3.8, 4) is 17.2 Å². The minimum Gasteiger partial charge on any atom is -0.454 e. The lowest BCUT2D eigenvalue weighted by Gasteiger charge is -2.13. The van der Waals surface area contributed by atoms with Gasteiger partial charge in [-0.2, -0.15) is 13.8 Å². The number of rotatable bonds is 9. The third-order valence-corrected chi connectivity index (χ3v) is 4.16. The number of nitrogens with one attached hydrogen (secondary N) is 2. The van der Waals surface area contributed by atoms with Crippen molar-refractivity contribution in [3.05, 3.63) is 29.4 Å². The Morgan fingerprint density at radius 1 is 1.23 bits per heavy atom. The molecule has 0 unspecified atom stereocenters. The van der Waals surface area contributed by atoms with Crippen molar-refractivity contribution >= 4 is 29.9 Å². The van der Waals surface area contributed by atoms with Crippen molar-refractivity contribution in [1.82, 2.24) is 20.8 Å². The molecule has 9 nitrogen and oxygen atoms in total. The third kappa shape index (κ3) is 7.08. The number of benzene rings is 1. The summed E-state index contributed by atoms with van der Waals surface area (Å²) in [5.41, 5.74) is 0.454. The van der Waals surface area contributed by atoms with Crippen molar-refractivity contribution in [3.63, 3.8) is 0 Å². The van der Waals surface area contributed by atoms with Gasteiger partial charge in [-0.15, -0.1) is 24.0 Å². The molecule has 0 bridgehead atoms. The molecule has 0 aliphatic carbocycles. The number of hydrogen-bond acceptors (Lipinski definition) is 7. The number of guanidine groups is 1. The van der Waals surface area contributed by atoms with E-state index in [1.807, 2.05) is 20.8 Å². The Morgan fingerprint density at radius 2 is 1.97 bits per heavy atom. The molecule has 172 valence electrons. The maximum absolute atomic E-state index is 12.8. The van der Waals surface area contributed by atoms with Crippen LogP contribution < -0.4 is 24.8 Å². The fraction of sp³-hybridized carbons (Fsp3) is 0.526. The molecule has 0 fully saturated rings. The Bertz CT molecular complexity index is 879. The first kappa shape index (κ1) is 24.9. The summed E-state index contributed by atoms with van der Waals surface area (Å²) in [4.78, 5) is 8.78. The molecule has 0 radical (unpaired) electrons. The van der Waals surface area contributed by atoms with Gasteiger partial charge in [0.15, 0.2) is 23.3 Å². The lowest BCUT2D eigenvalue weighted by atomic mass is 10.1. The lowest BCUT2D eigenvalue weighted by molar-refractivity contribution is -0.0505. The number of nitrogens with zero attached hydrogens (tertiary/aromatic N) is 3. The molecular weight excluding hydrogens is 527 g/mol. The molecule has 2 aromatic rings. The van der Waals surface area contributed by atoms with Crippen molar-refractivity contribution in [1.29, 1.82) is 0 Å². The molecule has 2 N–H and O–H groups in total. The van der Waals surface area contributed by atoms with Gasteiger partial charge in [0.25, 0.3) is 0 Å². The predicted molar refractivity (Wildman–Crippen MR) is 120 cm³/mol. The van der Waals surface area contributed by atoms with Crippen LogP contribution in [0.5, 0.6) is 17.2 Å². The highest BCUT2D eigenvalue weighted by Gasteiger charge is 2.20. The molecule has 31 heavy (non-hydrogen) atoms. The maximum atomic E-state index is 12.8. The highest BCUT2D eigenvalue weighted by atomic mass is 127. The molecule has 1 aliphatic rings. The van der Waals surface area contributed by atoms with Crippen LogP contribution in [0, 0.1) is 0 Å². The number of ether oxygens (including phenoxy) is 3. The van der Waals surface area contributed by atoms with Crippen molar-refractivity contribution in [2.45, 2.75) is 46.3 Å². The lowest BCUT2D eigenvalue weighted by Crippen LogP contribution is -2.38. The minimum atomic E-state index is -2.95. The molecule has 0 amide bonds. The fourth-order valence-electron chi connectivity index (χ4n) is 2.69. The summed E-state index contributed by atoms with van der Waals surface area (Å²) in [5, 5.41) is 10.2. The smallest absolute Gasteiger partial charge is 0.387 e. The van der Waals surface area contributed by atoms with Crippen molar-refractivity contribution in [2.24, 2.45) is 4.99 Å². The zero-order chi connectivity index (χ0) is 21.5. The van der Waals surface area contributed by atoms with Crippen LogP contribution in [0.1, 0.15) is 44.0 Å². The van der Waals surface area contributed by atoms with Gasteiger partial charge in [0, 0.05) is 37.1 Å². The molecule has 12 heteroatoms. The number of fused-ring (bicyclic) bond motifs is 1. The van der Waals surface area contributed by atoms with Crippen molar-refractivity contribution < 1.29 is 27.5 Å². The standard InChI is InChI=1S/C19H25F2N5O4.HI/c1-4-22-19(23-6-5-16-25-17(11(2)3)26-30-16)24-9-12-7-14-15(28-10-27-14)8-13(12)29-18(20)21;/h7-8,11,18H,4-6,9-10H2,1-3H3,(H2,22,23,24);1H. The largest absolute Gasteiger partial charge is 0.454 e. The Labute approximate surface area is 195 Å². The molecule has 3 rings (SSSR count). The summed E-state index contributed by atoms with van der Waals surface area (Å²) in [5.74, 6) is 2.75. The van der Waals surface area contributed by atoms with E-state index >= 15 is 0 Å². The van der Waals surface area contributed by atoms with E-state index in [4.69, 9.17) is 14.0 Å². The first-order chi connectivity index (χ1) is 14.5. The first-order valence-corrected chi connectivity index (χ1v) is 9.68. The second kappa shape index (κ2) is 11.9. The molecule has 1 aromatic carbocycles. The number of aromatic nitrogens is 2. The molecule has 0 atom stereocenters. The molecule has 0 saturated carbocycles. The second-order valence-corrected chi connectivity index (χ2v) is 6.76. The van der Waals surface area contributed by atoms with Crippen LogP contribution in [0.3, 0.4) is 0 Å². The third-order valence-electron chi connectivity index (χ3n) is 4.16. The van der Waals surface area contributed by atoms with Crippen LogP contribution in [0.4, 0.5) is 8.78 Å². The monoisotopic (exact) mass is 553 g/mol. The van der Waals surface area contributed by atoms with E-state index in [1.165, 1.54) is 6.07 Å². The van der Waals surface area contributed by atoms with Gasteiger partial charge in [-0.25, -0.2) is 4.99 Å². The molecule has 2 heterocycles. The Kier molecular flexibility index (Phi) is 9.52. The SMILES string of the molecule is CCNC(=NCc1cc2c(cc1OC(F)F)OCO2)NCCc1nc(C(C)C)no1.I. The summed E-state index contributed by atoms with van der Waals surface area (Å²) < 4.78 is 45.9. The zero-order valence-corrected chi connectivity index (χ0v) is 19.8. The average Bonchev–Trinajstić information content (AvgIpc) is 3.34. The van der Waals surface area contributed by atoms with E-state index in [-0.39, 0.29) is 49.0 Å². The van der Waals surface area contributed by atoms with E-state index in [0.29, 0.717) is 54.2 Å². The van der Waals surface area contributed by atoms with E-state index in [2.05, 4.69) is 30.5 Å². The van der Waals surface area contributed by atoms with Gasteiger partial charge in [-0.05, 0) is 13.0 Å². The highest BCUT2D eigenvalue weighted by molar-refractivity contribution is 14.0. The molecule has 1 aromatic heterocycles. The van der Waals surface area contributed by atoms with E-state index in [0.717, 1.165) is 0 Å². The normalized spacial score (nSPS) is 12.8. The van der Waals surface area contributed by atoms with Gasteiger partial charge in [-0.1, -0.05) is 19.0 Å². The van der Waals surface area contributed by atoms with Gasteiger partial charge < -0.3 is 29.4 Å². The Morgan fingerprint density at radius 3 is 2.61 bits per heavy atom. The van der Waals surface area contributed by atoms with Crippen LogP contribution in [0.2, 0.25) is 0 Å². The summed E-state index contributed by atoms with van der Waals surface area (Å²) in [6.45, 7) is 4.23. The van der Waals surface area contributed by atoms with Gasteiger partial charge >= 0.3 is 6.61 Å². The summed E-state index contributed by atoms with van der Waals surface area (Å²) in [6.07, 6.45) is 0.522. The van der Waals surface area contributed by atoms with Crippen molar-refractivity contribution in [2.75, 3.05) is 19.9 Å². The van der Waals surface area contributed by atoms with Crippen LogP contribution in [0.25, 0.3) is 0 Å². The van der Waals surface area contributed by atoms with E-state index in [9.17, 15) is 8.78 Å². The number of aliphatic imine (C=N–C) groups is 1. The predicted octanol–water partition coefficient (Wildman–Crippen LogP) is 3.44. The molecule has 0 saturated heterocycles.